The van der Waals surface area contributed by atoms with Crippen molar-refractivity contribution in [2.75, 3.05) is 20.1 Å². The summed E-state index contributed by atoms with van der Waals surface area (Å²) in [6, 6.07) is 4.22. The first kappa shape index (κ1) is 14.4. The van der Waals surface area contributed by atoms with E-state index in [-0.39, 0.29) is 0 Å². The second kappa shape index (κ2) is 7.63. The third-order valence-corrected chi connectivity index (χ3v) is 2.48. The van der Waals surface area contributed by atoms with Crippen LogP contribution < -0.4 is 10.6 Å². The molecule has 0 aliphatic rings. The smallest absolute Gasteiger partial charge is 0.190 e. The van der Waals surface area contributed by atoms with Crippen LogP contribution in [0.4, 0.5) is 8.78 Å². The molecule has 1 aromatic rings. The largest absolute Gasteiger partial charge is 0.356 e. The van der Waals surface area contributed by atoms with Gasteiger partial charge in [-0.15, -0.1) is 0 Å². The molecule has 0 atom stereocenters. The summed E-state index contributed by atoms with van der Waals surface area (Å²) in [6.45, 7) is 3.39. The monoisotopic (exact) mass is 255 g/mol. The van der Waals surface area contributed by atoms with Crippen molar-refractivity contribution in [2.45, 2.75) is 19.8 Å². The minimum absolute atomic E-state index is 0.369. The molecule has 1 aromatic carbocycles. The fourth-order valence-electron chi connectivity index (χ4n) is 1.52. The highest BCUT2D eigenvalue weighted by atomic mass is 19.2. The minimum Gasteiger partial charge on any atom is -0.356 e. The molecule has 2 N–H and O–H groups in total. The Hall–Kier alpha value is -1.65. The van der Waals surface area contributed by atoms with Crippen molar-refractivity contribution in [3.63, 3.8) is 0 Å². The van der Waals surface area contributed by atoms with Gasteiger partial charge in [0.1, 0.15) is 0 Å². The van der Waals surface area contributed by atoms with Crippen LogP contribution in [0.3, 0.4) is 0 Å². The Kier molecular flexibility index (Phi) is 6.11. The lowest BCUT2D eigenvalue weighted by Crippen LogP contribution is -2.38. The summed E-state index contributed by atoms with van der Waals surface area (Å²) in [5, 5.41) is 6.15. The molecule has 0 bridgehead atoms. The molecule has 0 heterocycles. The molecular formula is C13H19F2N3. The molecule has 100 valence electrons. The number of benzene rings is 1. The molecule has 0 aromatic heterocycles. The predicted octanol–water partition coefficient (Wildman–Crippen LogP) is 2.08. The van der Waals surface area contributed by atoms with Crippen molar-refractivity contribution in [3.05, 3.63) is 35.4 Å². The average Bonchev–Trinajstić information content (AvgIpc) is 2.38. The fourth-order valence-corrected chi connectivity index (χ4v) is 1.52. The highest BCUT2D eigenvalue weighted by molar-refractivity contribution is 5.79. The lowest BCUT2D eigenvalue weighted by molar-refractivity contribution is 0.498. The lowest BCUT2D eigenvalue weighted by atomic mass is 10.1. The van der Waals surface area contributed by atoms with Crippen LogP contribution in [0.1, 0.15) is 18.9 Å². The molecule has 0 unspecified atom stereocenters. The molecule has 0 spiro atoms. The van der Waals surface area contributed by atoms with Crippen LogP contribution in [-0.4, -0.2) is 26.1 Å². The Morgan fingerprint density at radius 3 is 2.61 bits per heavy atom. The van der Waals surface area contributed by atoms with Crippen molar-refractivity contribution < 1.29 is 8.78 Å². The third kappa shape index (κ3) is 4.31. The summed E-state index contributed by atoms with van der Waals surface area (Å²) in [7, 11) is 1.67. The second-order valence-electron chi connectivity index (χ2n) is 3.89. The molecule has 0 amide bonds. The van der Waals surface area contributed by atoms with Crippen LogP contribution in [0.2, 0.25) is 0 Å². The van der Waals surface area contributed by atoms with E-state index < -0.39 is 11.6 Å². The van der Waals surface area contributed by atoms with Gasteiger partial charge in [-0.2, -0.15) is 0 Å². The molecule has 0 saturated heterocycles. The molecule has 0 aliphatic carbocycles. The number of hydrogen-bond donors (Lipinski definition) is 2. The Morgan fingerprint density at radius 2 is 1.94 bits per heavy atom. The van der Waals surface area contributed by atoms with E-state index in [0.29, 0.717) is 24.5 Å². The zero-order valence-electron chi connectivity index (χ0n) is 10.8. The number of guanidine groups is 1. The van der Waals surface area contributed by atoms with Gasteiger partial charge in [0.2, 0.25) is 0 Å². The lowest BCUT2D eigenvalue weighted by Gasteiger charge is -2.11. The summed E-state index contributed by atoms with van der Waals surface area (Å²) >= 11 is 0. The van der Waals surface area contributed by atoms with Crippen LogP contribution in [-0.2, 0) is 6.42 Å². The van der Waals surface area contributed by atoms with E-state index in [2.05, 4.69) is 22.5 Å². The number of hydrogen-bond acceptors (Lipinski definition) is 1. The minimum atomic E-state index is -0.805. The van der Waals surface area contributed by atoms with Crippen molar-refractivity contribution in [1.82, 2.24) is 10.6 Å². The van der Waals surface area contributed by atoms with E-state index in [1.54, 1.807) is 13.1 Å². The van der Waals surface area contributed by atoms with Gasteiger partial charge >= 0.3 is 0 Å². The van der Waals surface area contributed by atoms with E-state index in [0.717, 1.165) is 19.0 Å². The number of nitrogens with zero attached hydrogens (tertiary/aromatic N) is 1. The molecule has 3 nitrogen and oxygen atoms in total. The van der Waals surface area contributed by atoms with E-state index in [9.17, 15) is 8.78 Å². The molecule has 0 saturated carbocycles. The summed E-state index contributed by atoms with van der Waals surface area (Å²) in [4.78, 5) is 4.02. The molecule has 18 heavy (non-hydrogen) atoms. The normalized spacial score (nSPS) is 11.4. The Morgan fingerprint density at radius 1 is 1.22 bits per heavy atom. The van der Waals surface area contributed by atoms with E-state index >= 15 is 0 Å². The summed E-state index contributed by atoms with van der Waals surface area (Å²) in [5.74, 6) is -0.898. The number of halogens is 2. The highest BCUT2D eigenvalue weighted by Crippen LogP contribution is 2.11. The van der Waals surface area contributed by atoms with Crippen LogP contribution in [0.25, 0.3) is 0 Å². The molecule has 0 aliphatic heterocycles. The standard InChI is InChI=1S/C13H19F2N3/c1-3-8-17-13(16-2)18-9-7-10-5-4-6-11(14)12(10)15/h4-6H,3,7-9H2,1-2H3,(H2,16,17,18). The Balaban J connectivity index is 2.43. The Bertz CT molecular complexity index is 405. The van der Waals surface area contributed by atoms with Crippen LogP contribution in [0.5, 0.6) is 0 Å². The quantitative estimate of drug-likeness (QED) is 0.624. The number of aliphatic imine (C=N–C) groups is 1. The summed E-state index contributed by atoms with van der Waals surface area (Å²) < 4.78 is 26.3. The first-order chi connectivity index (χ1) is 8.69. The maximum absolute atomic E-state index is 13.4. The molecule has 0 radical (unpaired) electrons. The van der Waals surface area contributed by atoms with Gasteiger partial charge in [-0.05, 0) is 24.5 Å². The SMILES string of the molecule is CCCNC(=NC)NCCc1cccc(F)c1F. The van der Waals surface area contributed by atoms with Gasteiger partial charge in [-0.3, -0.25) is 4.99 Å². The van der Waals surface area contributed by atoms with E-state index in [1.165, 1.54) is 6.07 Å². The van der Waals surface area contributed by atoms with Crippen LogP contribution in [0, 0.1) is 11.6 Å². The van der Waals surface area contributed by atoms with Gasteiger partial charge < -0.3 is 10.6 Å². The third-order valence-electron chi connectivity index (χ3n) is 2.48. The van der Waals surface area contributed by atoms with Gasteiger partial charge in [-0.1, -0.05) is 19.1 Å². The van der Waals surface area contributed by atoms with Crippen LogP contribution in [0.15, 0.2) is 23.2 Å². The van der Waals surface area contributed by atoms with E-state index in [4.69, 9.17) is 0 Å². The summed E-state index contributed by atoms with van der Waals surface area (Å²) in [5.41, 5.74) is 0.369. The van der Waals surface area contributed by atoms with Crippen molar-refractivity contribution >= 4 is 5.96 Å². The molecule has 5 heteroatoms. The Labute approximate surface area is 106 Å². The van der Waals surface area contributed by atoms with Gasteiger partial charge in [0.25, 0.3) is 0 Å². The number of rotatable bonds is 5. The first-order valence-electron chi connectivity index (χ1n) is 6.06. The molecule has 0 fully saturated rings. The number of nitrogens with one attached hydrogen (secondary N) is 2. The molecule has 1 rings (SSSR count). The highest BCUT2D eigenvalue weighted by Gasteiger charge is 2.07. The van der Waals surface area contributed by atoms with Crippen LogP contribution >= 0.6 is 0 Å². The fraction of sp³-hybridized carbons (Fsp3) is 0.462. The van der Waals surface area contributed by atoms with Gasteiger partial charge in [0.15, 0.2) is 17.6 Å². The maximum atomic E-state index is 13.4. The predicted molar refractivity (Wildman–Crippen MR) is 69.7 cm³/mol. The summed E-state index contributed by atoms with van der Waals surface area (Å²) in [6.07, 6.45) is 1.41. The van der Waals surface area contributed by atoms with Crippen molar-refractivity contribution in [1.29, 1.82) is 0 Å². The van der Waals surface area contributed by atoms with Gasteiger partial charge in [0, 0.05) is 20.1 Å². The first-order valence-corrected chi connectivity index (χ1v) is 6.06. The second-order valence-corrected chi connectivity index (χ2v) is 3.89. The maximum Gasteiger partial charge on any atom is 0.190 e. The zero-order chi connectivity index (χ0) is 13.4. The average molecular weight is 255 g/mol. The molecular weight excluding hydrogens is 236 g/mol. The van der Waals surface area contributed by atoms with Crippen molar-refractivity contribution in [3.8, 4) is 0 Å². The van der Waals surface area contributed by atoms with Gasteiger partial charge in [-0.25, -0.2) is 8.78 Å². The topological polar surface area (TPSA) is 36.4 Å². The van der Waals surface area contributed by atoms with E-state index in [1.807, 2.05) is 0 Å². The zero-order valence-corrected chi connectivity index (χ0v) is 10.8. The van der Waals surface area contributed by atoms with Gasteiger partial charge in [0.05, 0.1) is 0 Å². The van der Waals surface area contributed by atoms with Crippen molar-refractivity contribution in [2.24, 2.45) is 4.99 Å².